The molecule has 33 heavy (non-hydrogen) atoms. The SMILES string of the molecule is COc1cccc(N(CC(=O)Nc2ccc(NC(C)=O)cc2)S(=O)(=O)c2ccc(C)cc2)c1. The van der Waals surface area contributed by atoms with Gasteiger partial charge in [0.25, 0.3) is 10.0 Å². The number of ether oxygens (including phenoxy) is 1. The Morgan fingerprint density at radius 3 is 2.09 bits per heavy atom. The van der Waals surface area contributed by atoms with Gasteiger partial charge in [-0.2, -0.15) is 0 Å². The van der Waals surface area contributed by atoms with E-state index in [1.54, 1.807) is 60.7 Å². The van der Waals surface area contributed by atoms with Gasteiger partial charge in [0.15, 0.2) is 0 Å². The van der Waals surface area contributed by atoms with Gasteiger partial charge < -0.3 is 15.4 Å². The van der Waals surface area contributed by atoms with Crippen LogP contribution in [0.3, 0.4) is 0 Å². The molecule has 172 valence electrons. The third kappa shape index (κ3) is 6.11. The molecule has 0 aliphatic rings. The third-order valence-corrected chi connectivity index (χ3v) is 6.51. The van der Waals surface area contributed by atoms with E-state index in [1.165, 1.54) is 26.2 Å². The maximum absolute atomic E-state index is 13.4. The predicted octanol–water partition coefficient (Wildman–Crippen LogP) is 3.80. The van der Waals surface area contributed by atoms with Crippen molar-refractivity contribution in [3.63, 3.8) is 0 Å². The highest BCUT2D eigenvalue weighted by Crippen LogP contribution is 2.27. The van der Waals surface area contributed by atoms with E-state index in [2.05, 4.69) is 10.6 Å². The average Bonchev–Trinajstić information content (AvgIpc) is 2.78. The van der Waals surface area contributed by atoms with Gasteiger partial charge in [0.05, 0.1) is 17.7 Å². The molecule has 9 heteroatoms. The summed E-state index contributed by atoms with van der Waals surface area (Å²) >= 11 is 0. The van der Waals surface area contributed by atoms with Crippen LogP contribution in [0.1, 0.15) is 12.5 Å². The standard InChI is InChI=1S/C24H25N3O5S/c1-17-7-13-23(14-8-17)33(30,31)27(21-5-4-6-22(15-21)32-3)16-24(29)26-20-11-9-19(10-12-20)25-18(2)28/h4-15H,16H2,1-3H3,(H,25,28)(H,26,29). The molecule has 3 rings (SSSR count). The average molecular weight is 468 g/mol. The Kier molecular flexibility index (Phi) is 7.34. The summed E-state index contributed by atoms with van der Waals surface area (Å²) in [7, 11) is -2.55. The van der Waals surface area contributed by atoms with Crippen molar-refractivity contribution in [3.05, 3.63) is 78.4 Å². The number of rotatable bonds is 8. The molecule has 0 fully saturated rings. The Morgan fingerprint density at radius 1 is 0.909 bits per heavy atom. The molecule has 2 N–H and O–H groups in total. The first kappa shape index (κ1) is 23.8. The Morgan fingerprint density at radius 2 is 1.52 bits per heavy atom. The molecular weight excluding hydrogens is 442 g/mol. The topological polar surface area (TPSA) is 105 Å². The first-order valence-corrected chi connectivity index (χ1v) is 11.5. The summed E-state index contributed by atoms with van der Waals surface area (Å²) in [4.78, 5) is 24.1. The van der Waals surface area contributed by atoms with Gasteiger partial charge in [-0.05, 0) is 55.5 Å². The molecule has 0 radical (unpaired) electrons. The van der Waals surface area contributed by atoms with Crippen molar-refractivity contribution in [1.29, 1.82) is 0 Å². The largest absolute Gasteiger partial charge is 0.497 e. The van der Waals surface area contributed by atoms with Gasteiger partial charge in [-0.1, -0.05) is 23.8 Å². The van der Waals surface area contributed by atoms with Crippen molar-refractivity contribution in [2.45, 2.75) is 18.7 Å². The third-order valence-electron chi connectivity index (χ3n) is 4.73. The van der Waals surface area contributed by atoms with E-state index in [4.69, 9.17) is 4.74 Å². The lowest BCUT2D eigenvalue weighted by molar-refractivity contribution is -0.115. The summed E-state index contributed by atoms with van der Waals surface area (Å²) in [5.74, 6) is -0.270. The minimum atomic E-state index is -4.03. The zero-order valence-electron chi connectivity index (χ0n) is 18.5. The van der Waals surface area contributed by atoms with Gasteiger partial charge in [0.1, 0.15) is 12.3 Å². The Bertz CT molecular complexity index is 1240. The van der Waals surface area contributed by atoms with E-state index in [0.717, 1.165) is 9.87 Å². The molecule has 0 unspecified atom stereocenters. The van der Waals surface area contributed by atoms with Crippen LogP contribution < -0.4 is 19.7 Å². The molecule has 0 heterocycles. The lowest BCUT2D eigenvalue weighted by atomic mass is 10.2. The van der Waals surface area contributed by atoms with E-state index in [9.17, 15) is 18.0 Å². The summed E-state index contributed by atoms with van der Waals surface area (Å²) in [6, 6.07) is 19.4. The fraction of sp³-hybridized carbons (Fsp3) is 0.167. The summed E-state index contributed by atoms with van der Waals surface area (Å²) in [5, 5.41) is 5.34. The van der Waals surface area contributed by atoms with Crippen LogP contribution in [0, 0.1) is 6.92 Å². The van der Waals surface area contributed by atoms with Gasteiger partial charge in [-0.15, -0.1) is 0 Å². The molecule has 0 bridgehead atoms. The van der Waals surface area contributed by atoms with Crippen LogP contribution in [-0.2, 0) is 19.6 Å². The maximum Gasteiger partial charge on any atom is 0.264 e. The quantitative estimate of drug-likeness (QED) is 0.524. The number of sulfonamides is 1. The van der Waals surface area contributed by atoms with Crippen LogP contribution in [0.2, 0.25) is 0 Å². The smallest absolute Gasteiger partial charge is 0.264 e. The lowest BCUT2D eigenvalue weighted by Crippen LogP contribution is -2.38. The van der Waals surface area contributed by atoms with Crippen molar-refractivity contribution < 1.29 is 22.7 Å². The van der Waals surface area contributed by atoms with E-state index in [1.807, 2.05) is 6.92 Å². The Labute approximate surface area is 193 Å². The first-order valence-electron chi connectivity index (χ1n) is 10.1. The maximum atomic E-state index is 13.4. The summed E-state index contributed by atoms with van der Waals surface area (Å²) in [6.45, 7) is 2.81. The normalized spacial score (nSPS) is 10.9. The number of anilines is 3. The van der Waals surface area contributed by atoms with Crippen LogP contribution in [0.25, 0.3) is 0 Å². The minimum absolute atomic E-state index is 0.0726. The fourth-order valence-electron chi connectivity index (χ4n) is 3.09. The predicted molar refractivity (Wildman–Crippen MR) is 128 cm³/mol. The highest BCUT2D eigenvalue weighted by molar-refractivity contribution is 7.92. The number of hydrogen-bond donors (Lipinski definition) is 2. The zero-order valence-corrected chi connectivity index (χ0v) is 19.3. The van der Waals surface area contributed by atoms with E-state index < -0.39 is 22.5 Å². The number of nitrogens with zero attached hydrogens (tertiary/aromatic N) is 1. The highest BCUT2D eigenvalue weighted by Gasteiger charge is 2.27. The second-order valence-electron chi connectivity index (χ2n) is 7.33. The van der Waals surface area contributed by atoms with Crippen LogP contribution in [0.5, 0.6) is 5.75 Å². The van der Waals surface area contributed by atoms with Gasteiger partial charge in [0.2, 0.25) is 11.8 Å². The number of carbonyl (C=O) groups is 2. The molecule has 0 aliphatic carbocycles. The number of benzene rings is 3. The van der Waals surface area contributed by atoms with Crippen molar-refractivity contribution in [2.75, 3.05) is 28.6 Å². The Hall–Kier alpha value is -3.85. The molecule has 0 saturated carbocycles. The first-order chi connectivity index (χ1) is 15.7. The van der Waals surface area contributed by atoms with Crippen molar-refractivity contribution >= 4 is 38.9 Å². The summed E-state index contributed by atoms with van der Waals surface area (Å²) in [5.41, 5.74) is 2.27. The number of methoxy groups -OCH3 is 1. The number of hydrogen-bond acceptors (Lipinski definition) is 5. The van der Waals surface area contributed by atoms with E-state index >= 15 is 0 Å². The monoisotopic (exact) mass is 467 g/mol. The molecule has 3 aromatic carbocycles. The minimum Gasteiger partial charge on any atom is -0.497 e. The van der Waals surface area contributed by atoms with Gasteiger partial charge >= 0.3 is 0 Å². The molecule has 0 atom stereocenters. The van der Waals surface area contributed by atoms with Crippen LogP contribution in [0.15, 0.2) is 77.7 Å². The number of aryl methyl sites for hydroxylation is 1. The fourth-order valence-corrected chi connectivity index (χ4v) is 4.50. The molecule has 0 aromatic heterocycles. The van der Waals surface area contributed by atoms with Crippen LogP contribution in [-0.4, -0.2) is 33.9 Å². The zero-order chi connectivity index (χ0) is 24.0. The number of nitrogens with one attached hydrogen (secondary N) is 2. The molecule has 0 spiro atoms. The molecule has 8 nitrogen and oxygen atoms in total. The van der Waals surface area contributed by atoms with Crippen molar-refractivity contribution in [1.82, 2.24) is 0 Å². The molecular formula is C24H25N3O5S. The van der Waals surface area contributed by atoms with Crippen LogP contribution >= 0.6 is 0 Å². The summed E-state index contributed by atoms with van der Waals surface area (Å²) < 4.78 is 33.2. The Balaban J connectivity index is 1.88. The van der Waals surface area contributed by atoms with E-state index in [0.29, 0.717) is 22.8 Å². The van der Waals surface area contributed by atoms with Gasteiger partial charge in [-0.25, -0.2) is 8.42 Å². The molecule has 0 saturated heterocycles. The lowest BCUT2D eigenvalue weighted by Gasteiger charge is -2.24. The van der Waals surface area contributed by atoms with Gasteiger partial charge in [-0.3, -0.25) is 13.9 Å². The second kappa shape index (κ2) is 10.2. The summed E-state index contributed by atoms with van der Waals surface area (Å²) in [6.07, 6.45) is 0. The second-order valence-corrected chi connectivity index (χ2v) is 9.20. The van der Waals surface area contributed by atoms with E-state index in [-0.39, 0.29) is 10.8 Å². The number of carbonyl (C=O) groups excluding carboxylic acids is 2. The van der Waals surface area contributed by atoms with Crippen molar-refractivity contribution in [2.24, 2.45) is 0 Å². The highest BCUT2D eigenvalue weighted by atomic mass is 32.2. The molecule has 0 aliphatic heterocycles. The number of amides is 2. The van der Waals surface area contributed by atoms with Crippen molar-refractivity contribution in [3.8, 4) is 5.75 Å². The molecule has 3 aromatic rings. The molecule has 2 amide bonds. The van der Waals surface area contributed by atoms with Crippen LogP contribution in [0.4, 0.5) is 17.1 Å². The van der Waals surface area contributed by atoms with Gasteiger partial charge in [0, 0.05) is 24.4 Å².